The van der Waals surface area contributed by atoms with Gasteiger partial charge in [0.15, 0.2) is 0 Å². The third kappa shape index (κ3) is 22.3. The van der Waals surface area contributed by atoms with Gasteiger partial charge in [0.25, 0.3) is 0 Å². The molecule has 0 aromatic carbocycles. The van der Waals surface area contributed by atoms with Crippen LogP contribution in [0, 0.1) is 17.8 Å². The first kappa shape index (κ1) is 36.0. The van der Waals surface area contributed by atoms with Crippen molar-refractivity contribution in [2.75, 3.05) is 26.3 Å². The van der Waals surface area contributed by atoms with Gasteiger partial charge in [-0.15, -0.1) is 0 Å². The largest absolute Gasteiger partial charge is 0.379 e. The Balaban J connectivity index is 0. The molecule has 1 N–H and O–H groups in total. The lowest BCUT2D eigenvalue weighted by atomic mass is 9.93. The van der Waals surface area contributed by atoms with E-state index in [1.807, 2.05) is 0 Å². The van der Waals surface area contributed by atoms with E-state index in [-0.39, 0.29) is 5.54 Å². The Morgan fingerprint density at radius 1 is 0.676 bits per heavy atom. The third-order valence-corrected chi connectivity index (χ3v) is 6.10. The molecule has 0 aromatic heterocycles. The quantitative estimate of drug-likeness (QED) is 0.214. The maximum Gasteiger partial charge on any atom is 0.0518 e. The van der Waals surface area contributed by atoms with Crippen LogP contribution in [0.3, 0.4) is 0 Å². The number of ether oxygens (including phenoxy) is 2. The molecule has 0 radical (unpaired) electrons. The van der Waals surface area contributed by atoms with Crippen LogP contribution >= 0.6 is 0 Å². The lowest BCUT2D eigenvalue weighted by Crippen LogP contribution is -2.52. The van der Waals surface area contributed by atoms with E-state index < -0.39 is 0 Å². The molecule has 0 aromatic rings. The summed E-state index contributed by atoms with van der Waals surface area (Å²) in [6.07, 6.45) is 5.45. The summed E-state index contributed by atoms with van der Waals surface area (Å²) in [6.45, 7) is 35.4. The predicted molar refractivity (Wildman–Crippen MR) is 153 cm³/mol. The Kier molecular flexibility index (Phi) is 21.1. The van der Waals surface area contributed by atoms with Gasteiger partial charge in [-0.25, -0.2) is 0 Å². The van der Waals surface area contributed by atoms with E-state index in [1.165, 1.54) is 19.3 Å². The Hall–Kier alpha value is -0.160. The van der Waals surface area contributed by atoms with E-state index in [4.69, 9.17) is 9.47 Å². The number of hydrogen-bond donors (Lipinski definition) is 1. The molecule has 4 heteroatoms. The van der Waals surface area contributed by atoms with Gasteiger partial charge in [0.05, 0.1) is 12.2 Å². The Morgan fingerprint density at radius 2 is 1.18 bits per heavy atom. The van der Waals surface area contributed by atoms with Gasteiger partial charge in [-0.3, -0.25) is 4.90 Å². The Labute approximate surface area is 216 Å². The summed E-state index contributed by atoms with van der Waals surface area (Å²) in [6, 6.07) is 1.19. The average molecular weight is 487 g/mol. The summed E-state index contributed by atoms with van der Waals surface area (Å²) in [7, 11) is 0. The standard InChI is InChI=1S/C22H48N2O.C8H18O/c1-17(2)15-20(7)23-12-13-24(21(8)16-18(3)4)22(9,10)11-14-25-19(5)6;1-7(2)5-6-9-8(3)4/h17-21,23H,11-16H2,1-10H3;7-8H,5-6H2,1-4H3. The molecule has 0 spiro atoms. The van der Waals surface area contributed by atoms with Crippen LogP contribution in [-0.4, -0.2) is 61.0 Å². The summed E-state index contributed by atoms with van der Waals surface area (Å²) in [4.78, 5) is 2.70. The van der Waals surface area contributed by atoms with E-state index in [0.717, 1.165) is 50.5 Å². The van der Waals surface area contributed by atoms with Crippen molar-refractivity contribution in [2.45, 2.75) is 152 Å². The van der Waals surface area contributed by atoms with E-state index in [2.05, 4.69) is 107 Å². The number of nitrogens with zero attached hydrogens (tertiary/aromatic N) is 1. The zero-order valence-corrected chi connectivity index (χ0v) is 26.0. The van der Waals surface area contributed by atoms with Gasteiger partial charge >= 0.3 is 0 Å². The summed E-state index contributed by atoms with van der Waals surface area (Å²) >= 11 is 0. The molecule has 2 unspecified atom stereocenters. The normalized spacial score (nSPS) is 14.5. The first-order chi connectivity index (χ1) is 15.6. The number of hydrogen-bond acceptors (Lipinski definition) is 4. The van der Waals surface area contributed by atoms with Crippen molar-refractivity contribution in [1.29, 1.82) is 0 Å². The first-order valence-electron chi connectivity index (χ1n) is 14.3. The van der Waals surface area contributed by atoms with Crippen LogP contribution in [0.1, 0.15) is 123 Å². The molecule has 0 aliphatic rings. The molecule has 34 heavy (non-hydrogen) atoms. The fourth-order valence-corrected chi connectivity index (χ4v) is 4.38. The van der Waals surface area contributed by atoms with Gasteiger partial charge < -0.3 is 14.8 Å². The minimum Gasteiger partial charge on any atom is -0.379 e. The summed E-state index contributed by atoms with van der Waals surface area (Å²) in [5.41, 5.74) is 0.159. The van der Waals surface area contributed by atoms with Crippen LogP contribution in [0.4, 0.5) is 0 Å². The van der Waals surface area contributed by atoms with Crippen molar-refractivity contribution >= 4 is 0 Å². The second kappa shape index (κ2) is 20.0. The molecule has 0 saturated heterocycles. The Bertz CT molecular complexity index is 439. The molecule has 0 aliphatic heterocycles. The molecule has 2 atom stereocenters. The molecule has 0 aliphatic carbocycles. The van der Waals surface area contributed by atoms with Crippen LogP contribution in [0.15, 0.2) is 0 Å². The molecule has 4 nitrogen and oxygen atoms in total. The van der Waals surface area contributed by atoms with Gasteiger partial charge in [0, 0.05) is 43.9 Å². The minimum atomic E-state index is 0.159. The highest BCUT2D eigenvalue weighted by Crippen LogP contribution is 2.25. The van der Waals surface area contributed by atoms with Gasteiger partial charge in [-0.05, 0) is 98.8 Å². The summed E-state index contributed by atoms with van der Waals surface area (Å²) < 4.78 is 11.2. The van der Waals surface area contributed by atoms with Gasteiger partial charge in [0.2, 0.25) is 0 Å². The highest BCUT2D eigenvalue weighted by molar-refractivity contribution is 4.86. The second-order valence-electron chi connectivity index (χ2n) is 12.7. The van der Waals surface area contributed by atoms with Crippen LogP contribution in [-0.2, 0) is 9.47 Å². The maximum absolute atomic E-state index is 5.83. The van der Waals surface area contributed by atoms with Crippen molar-refractivity contribution in [1.82, 2.24) is 10.2 Å². The number of nitrogens with one attached hydrogen (secondary N) is 1. The molecular weight excluding hydrogens is 420 g/mol. The lowest BCUT2D eigenvalue weighted by Gasteiger charge is -2.44. The van der Waals surface area contributed by atoms with Crippen molar-refractivity contribution in [3.05, 3.63) is 0 Å². The van der Waals surface area contributed by atoms with Gasteiger partial charge in [-0.2, -0.15) is 0 Å². The van der Waals surface area contributed by atoms with E-state index in [1.54, 1.807) is 0 Å². The highest BCUT2D eigenvalue weighted by Gasteiger charge is 2.30. The maximum atomic E-state index is 5.83. The second-order valence-corrected chi connectivity index (χ2v) is 12.7. The minimum absolute atomic E-state index is 0.159. The fourth-order valence-electron chi connectivity index (χ4n) is 4.38. The van der Waals surface area contributed by atoms with E-state index >= 15 is 0 Å². The molecule has 0 amide bonds. The van der Waals surface area contributed by atoms with Gasteiger partial charge in [-0.1, -0.05) is 41.5 Å². The highest BCUT2D eigenvalue weighted by atomic mass is 16.5. The van der Waals surface area contributed by atoms with Crippen molar-refractivity contribution in [2.24, 2.45) is 17.8 Å². The zero-order chi connectivity index (χ0) is 26.9. The number of rotatable bonds is 18. The monoisotopic (exact) mass is 487 g/mol. The lowest BCUT2D eigenvalue weighted by molar-refractivity contribution is 0.0130. The van der Waals surface area contributed by atoms with Crippen LogP contribution in [0.2, 0.25) is 0 Å². The molecule has 0 rings (SSSR count). The van der Waals surface area contributed by atoms with Crippen LogP contribution in [0.25, 0.3) is 0 Å². The third-order valence-electron chi connectivity index (χ3n) is 6.10. The fraction of sp³-hybridized carbons (Fsp3) is 1.00. The molecule has 0 fully saturated rings. The zero-order valence-electron chi connectivity index (χ0n) is 26.0. The van der Waals surface area contributed by atoms with Crippen molar-refractivity contribution < 1.29 is 9.47 Å². The van der Waals surface area contributed by atoms with Crippen molar-refractivity contribution in [3.8, 4) is 0 Å². The van der Waals surface area contributed by atoms with Crippen LogP contribution in [0.5, 0.6) is 0 Å². The molecule has 0 heterocycles. The van der Waals surface area contributed by atoms with Crippen molar-refractivity contribution in [3.63, 3.8) is 0 Å². The predicted octanol–water partition coefficient (Wildman–Crippen LogP) is 7.80. The summed E-state index contributed by atoms with van der Waals surface area (Å²) in [5, 5.41) is 3.73. The molecule has 0 saturated carbocycles. The summed E-state index contributed by atoms with van der Waals surface area (Å²) in [5.74, 6) is 2.25. The molecule has 0 bridgehead atoms. The first-order valence-corrected chi connectivity index (χ1v) is 14.3. The van der Waals surface area contributed by atoms with Gasteiger partial charge in [0.1, 0.15) is 0 Å². The Morgan fingerprint density at radius 3 is 1.62 bits per heavy atom. The van der Waals surface area contributed by atoms with E-state index in [0.29, 0.717) is 24.3 Å². The molecular formula is C30H66N2O2. The smallest absolute Gasteiger partial charge is 0.0518 e. The SMILES string of the molecule is CC(C)CC(C)NCCN(C(C)CC(C)C)C(C)(C)CCOC(C)C.CC(C)CCOC(C)C. The topological polar surface area (TPSA) is 33.7 Å². The van der Waals surface area contributed by atoms with Crippen LogP contribution < -0.4 is 5.32 Å². The average Bonchev–Trinajstić information content (AvgIpc) is 2.63. The molecule has 208 valence electrons. The van der Waals surface area contributed by atoms with E-state index in [9.17, 15) is 0 Å².